The van der Waals surface area contributed by atoms with Gasteiger partial charge in [-0.15, -0.1) is 0 Å². The van der Waals surface area contributed by atoms with Gasteiger partial charge in [-0.25, -0.2) is 13.1 Å². The first-order valence-electron chi connectivity index (χ1n) is 5.46. The molecule has 0 heterocycles. The van der Waals surface area contributed by atoms with Crippen LogP contribution in [-0.4, -0.2) is 27.3 Å². The molecule has 0 aliphatic carbocycles. The molecule has 2 N–H and O–H groups in total. The van der Waals surface area contributed by atoms with Crippen molar-refractivity contribution in [3.05, 3.63) is 34.9 Å². The van der Waals surface area contributed by atoms with Gasteiger partial charge in [-0.3, -0.25) is 0 Å². The van der Waals surface area contributed by atoms with Crippen LogP contribution in [0, 0.1) is 0 Å². The number of benzene rings is 1. The Morgan fingerprint density at radius 2 is 1.88 bits per heavy atom. The highest BCUT2D eigenvalue weighted by atomic mass is 35.5. The van der Waals surface area contributed by atoms with E-state index in [0.29, 0.717) is 18.1 Å². The summed E-state index contributed by atoms with van der Waals surface area (Å²) in [4.78, 5) is 0. The first-order valence-corrected chi connectivity index (χ1v) is 7.49. The predicted molar refractivity (Wildman–Crippen MR) is 70.6 cm³/mol. The SMILES string of the molecule is CCNCCS(=O)(=O)NCc1ccc(Cl)cc1. The van der Waals surface area contributed by atoms with Crippen LogP contribution in [0.3, 0.4) is 0 Å². The molecule has 17 heavy (non-hydrogen) atoms. The van der Waals surface area contributed by atoms with Crippen LogP contribution < -0.4 is 10.0 Å². The summed E-state index contributed by atoms with van der Waals surface area (Å²) in [7, 11) is -3.21. The van der Waals surface area contributed by atoms with Crippen molar-refractivity contribution >= 4 is 21.6 Å². The fraction of sp³-hybridized carbons (Fsp3) is 0.455. The zero-order valence-electron chi connectivity index (χ0n) is 9.74. The zero-order chi connectivity index (χ0) is 12.7. The lowest BCUT2D eigenvalue weighted by atomic mass is 10.2. The molecule has 0 amide bonds. The first kappa shape index (κ1) is 14.4. The molecule has 0 atom stereocenters. The number of halogens is 1. The summed E-state index contributed by atoms with van der Waals surface area (Å²) in [6, 6.07) is 7.08. The van der Waals surface area contributed by atoms with E-state index in [0.717, 1.165) is 12.1 Å². The lowest BCUT2D eigenvalue weighted by molar-refractivity contribution is 0.577. The van der Waals surface area contributed by atoms with Gasteiger partial charge in [-0.2, -0.15) is 0 Å². The normalized spacial score (nSPS) is 11.6. The van der Waals surface area contributed by atoms with Crippen LogP contribution in [0.2, 0.25) is 5.02 Å². The van der Waals surface area contributed by atoms with Gasteiger partial charge in [0.05, 0.1) is 5.75 Å². The fourth-order valence-electron chi connectivity index (χ4n) is 1.25. The van der Waals surface area contributed by atoms with Gasteiger partial charge >= 0.3 is 0 Å². The van der Waals surface area contributed by atoms with Crippen molar-refractivity contribution in [3.63, 3.8) is 0 Å². The van der Waals surface area contributed by atoms with Gasteiger partial charge in [0.2, 0.25) is 10.0 Å². The van der Waals surface area contributed by atoms with Gasteiger partial charge < -0.3 is 5.32 Å². The van der Waals surface area contributed by atoms with Crippen LogP contribution in [0.4, 0.5) is 0 Å². The average Bonchev–Trinajstić information content (AvgIpc) is 2.29. The maximum absolute atomic E-state index is 11.6. The smallest absolute Gasteiger partial charge is 0.213 e. The van der Waals surface area contributed by atoms with Gasteiger partial charge in [0.25, 0.3) is 0 Å². The molecule has 4 nitrogen and oxygen atoms in total. The molecule has 0 spiro atoms. The Morgan fingerprint density at radius 1 is 1.24 bits per heavy atom. The fourth-order valence-corrected chi connectivity index (χ4v) is 2.32. The van der Waals surface area contributed by atoms with Crippen LogP contribution in [0.25, 0.3) is 0 Å². The highest BCUT2D eigenvalue weighted by molar-refractivity contribution is 7.89. The maximum atomic E-state index is 11.6. The Balaban J connectivity index is 2.41. The minimum absolute atomic E-state index is 0.0917. The van der Waals surface area contributed by atoms with Crippen molar-refractivity contribution < 1.29 is 8.42 Å². The third-order valence-electron chi connectivity index (χ3n) is 2.21. The monoisotopic (exact) mass is 276 g/mol. The van der Waals surface area contributed by atoms with E-state index in [1.54, 1.807) is 24.3 Å². The molecular formula is C11H17ClN2O2S. The van der Waals surface area contributed by atoms with Crippen molar-refractivity contribution in [3.8, 4) is 0 Å². The minimum Gasteiger partial charge on any atom is -0.316 e. The van der Waals surface area contributed by atoms with E-state index in [1.165, 1.54) is 0 Å². The maximum Gasteiger partial charge on any atom is 0.213 e. The van der Waals surface area contributed by atoms with E-state index >= 15 is 0 Å². The van der Waals surface area contributed by atoms with Gasteiger partial charge in [0.1, 0.15) is 0 Å². The number of rotatable bonds is 7. The molecule has 1 aromatic carbocycles. The predicted octanol–water partition coefficient (Wildman–Crippen LogP) is 1.37. The van der Waals surface area contributed by atoms with Crippen molar-refractivity contribution in [2.24, 2.45) is 0 Å². The van der Waals surface area contributed by atoms with E-state index in [2.05, 4.69) is 10.0 Å². The second-order valence-electron chi connectivity index (χ2n) is 3.62. The molecule has 0 unspecified atom stereocenters. The van der Waals surface area contributed by atoms with E-state index in [1.807, 2.05) is 6.92 Å². The second kappa shape index (κ2) is 6.96. The molecule has 0 saturated heterocycles. The molecule has 0 aliphatic heterocycles. The molecule has 96 valence electrons. The Morgan fingerprint density at radius 3 is 2.47 bits per heavy atom. The quantitative estimate of drug-likeness (QED) is 0.740. The molecule has 1 rings (SSSR count). The summed E-state index contributed by atoms with van der Waals surface area (Å²) in [5.74, 6) is 0.0917. The highest BCUT2D eigenvalue weighted by Gasteiger charge is 2.08. The molecule has 1 aromatic rings. The van der Waals surface area contributed by atoms with Gasteiger partial charge in [-0.05, 0) is 24.2 Å². The van der Waals surface area contributed by atoms with Crippen molar-refractivity contribution in [1.29, 1.82) is 0 Å². The van der Waals surface area contributed by atoms with Gasteiger partial charge in [0, 0.05) is 18.1 Å². The molecular weight excluding hydrogens is 260 g/mol. The molecule has 0 bridgehead atoms. The molecule has 0 fully saturated rings. The molecule has 0 radical (unpaired) electrons. The third-order valence-corrected chi connectivity index (χ3v) is 3.78. The Kier molecular flexibility index (Phi) is 5.91. The summed E-state index contributed by atoms with van der Waals surface area (Å²) < 4.78 is 25.7. The highest BCUT2D eigenvalue weighted by Crippen LogP contribution is 2.09. The van der Waals surface area contributed by atoms with Crippen molar-refractivity contribution in [2.75, 3.05) is 18.8 Å². The molecule has 0 aliphatic rings. The summed E-state index contributed by atoms with van der Waals surface area (Å²) >= 11 is 5.74. The summed E-state index contributed by atoms with van der Waals surface area (Å²) in [5.41, 5.74) is 0.890. The topological polar surface area (TPSA) is 58.2 Å². The Bertz CT molecular complexity index is 431. The minimum atomic E-state index is -3.21. The van der Waals surface area contributed by atoms with Gasteiger partial charge in [0.15, 0.2) is 0 Å². The number of hydrogen-bond acceptors (Lipinski definition) is 3. The first-order chi connectivity index (χ1) is 8.03. The lowest BCUT2D eigenvalue weighted by Gasteiger charge is -2.07. The van der Waals surface area contributed by atoms with E-state index < -0.39 is 10.0 Å². The van der Waals surface area contributed by atoms with Crippen molar-refractivity contribution in [2.45, 2.75) is 13.5 Å². The third kappa shape index (κ3) is 6.02. The summed E-state index contributed by atoms with van der Waals surface area (Å²) in [5, 5.41) is 3.62. The second-order valence-corrected chi connectivity index (χ2v) is 5.98. The number of sulfonamides is 1. The van der Waals surface area contributed by atoms with Gasteiger partial charge in [-0.1, -0.05) is 30.7 Å². The van der Waals surface area contributed by atoms with Crippen LogP contribution in [0.5, 0.6) is 0 Å². The van der Waals surface area contributed by atoms with Crippen LogP contribution in [0.1, 0.15) is 12.5 Å². The molecule has 6 heteroatoms. The van der Waals surface area contributed by atoms with Crippen LogP contribution in [-0.2, 0) is 16.6 Å². The Hall–Kier alpha value is -0.620. The van der Waals surface area contributed by atoms with E-state index in [4.69, 9.17) is 11.6 Å². The Labute approximate surface area is 107 Å². The lowest BCUT2D eigenvalue weighted by Crippen LogP contribution is -2.31. The van der Waals surface area contributed by atoms with Crippen LogP contribution in [0.15, 0.2) is 24.3 Å². The summed E-state index contributed by atoms with van der Waals surface area (Å²) in [6.45, 7) is 3.47. The van der Waals surface area contributed by atoms with Crippen molar-refractivity contribution in [1.82, 2.24) is 10.0 Å². The average molecular weight is 277 g/mol. The number of hydrogen-bond donors (Lipinski definition) is 2. The molecule has 0 saturated carbocycles. The van der Waals surface area contributed by atoms with E-state index in [-0.39, 0.29) is 5.75 Å². The standard InChI is InChI=1S/C11H17ClN2O2S/c1-2-13-7-8-17(15,16)14-9-10-3-5-11(12)6-4-10/h3-6,13-14H,2,7-9H2,1H3. The molecule has 0 aromatic heterocycles. The number of nitrogens with one attached hydrogen (secondary N) is 2. The summed E-state index contributed by atoms with van der Waals surface area (Å²) in [6.07, 6.45) is 0. The van der Waals surface area contributed by atoms with E-state index in [9.17, 15) is 8.42 Å². The largest absolute Gasteiger partial charge is 0.316 e. The zero-order valence-corrected chi connectivity index (χ0v) is 11.3. The van der Waals surface area contributed by atoms with Crippen LogP contribution >= 0.6 is 11.6 Å².